The van der Waals surface area contributed by atoms with E-state index in [2.05, 4.69) is 10.6 Å². The van der Waals surface area contributed by atoms with E-state index in [9.17, 15) is 14.9 Å². The Bertz CT molecular complexity index is 797. The first-order valence-electron chi connectivity index (χ1n) is 8.80. The minimum absolute atomic E-state index is 0.0366. The van der Waals surface area contributed by atoms with E-state index in [1.165, 1.54) is 17.0 Å². The molecule has 0 saturated carbocycles. The highest BCUT2D eigenvalue weighted by molar-refractivity contribution is 7.10. The van der Waals surface area contributed by atoms with Gasteiger partial charge in [0, 0.05) is 30.1 Å². The van der Waals surface area contributed by atoms with Gasteiger partial charge in [-0.3, -0.25) is 14.9 Å². The van der Waals surface area contributed by atoms with Gasteiger partial charge in [-0.2, -0.15) is 0 Å². The van der Waals surface area contributed by atoms with Gasteiger partial charge in [0.25, 0.3) is 5.69 Å². The molecule has 1 saturated heterocycles. The summed E-state index contributed by atoms with van der Waals surface area (Å²) in [6, 6.07) is 8.50. The molecule has 0 radical (unpaired) electrons. The molecular weight excluding hydrogens is 368 g/mol. The Hall–Kier alpha value is -2.65. The fourth-order valence-electron chi connectivity index (χ4n) is 3.25. The van der Waals surface area contributed by atoms with E-state index in [1.54, 1.807) is 17.4 Å². The zero-order valence-electron chi connectivity index (χ0n) is 14.8. The first-order valence-corrected chi connectivity index (χ1v) is 9.68. The fraction of sp³-hybridized carbons (Fsp3) is 0.389. The molecule has 0 bridgehead atoms. The monoisotopic (exact) mass is 390 g/mol. The van der Waals surface area contributed by atoms with Crippen LogP contribution in [0.25, 0.3) is 0 Å². The van der Waals surface area contributed by atoms with Crippen LogP contribution in [-0.2, 0) is 4.79 Å². The van der Waals surface area contributed by atoms with E-state index < -0.39 is 4.92 Å². The molecule has 1 aromatic heterocycles. The van der Waals surface area contributed by atoms with Gasteiger partial charge in [0.15, 0.2) is 0 Å². The maximum atomic E-state index is 12.7. The normalized spacial score (nSPS) is 16.3. The highest BCUT2D eigenvalue weighted by atomic mass is 32.1. The lowest BCUT2D eigenvalue weighted by Gasteiger charge is -2.24. The number of hydrogen-bond donors (Lipinski definition) is 3. The smallest absolute Gasteiger partial charge is 0.271 e. The summed E-state index contributed by atoms with van der Waals surface area (Å²) in [5.41, 5.74) is 1.02. The second kappa shape index (κ2) is 8.83. The van der Waals surface area contributed by atoms with Gasteiger partial charge in [0.1, 0.15) is 0 Å². The number of benzene rings is 1. The number of nitrogens with zero attached hydrogens (tertiary/aromatic N) is 2. The third kappa shape index (κ3) is 4.55. The average Bonchev–Trinajstić information content (AvgIpc) is 3.35. The molecule has 1 amide bonds. The summed E-state index contributed by atoms with van der Waals surface area (Å²) >= 11 is 1.65. The van der Waals surface area contributed by atoms with Crippen LogP contribution in [0, 0.1) is 10.1 Å². The molecule has 0 aliphatic carbocycles. The first kappa shape index (κ1) is 19.1. The average molecular weight is 390 g/mol. The topological polar surface area (TPSA) is 108 Å². The lowest BCUT2D eigenvalue weighted by molar-refractivity contribution is -0.384. The number of thiophene rings is 1. The quantitative estimate of drug-likeness (QED) is 0.473. The van der Waals surface area contributed by atoms with Crippen LogP contribution in [0.15, 0.2) is 35.7 Å². The van der Waals surface area contributed by atoms with E-state index in [0.717, 1.165) is 12.8 Å². The van der Waals surface area contributed by atoms with Crippen molar-refractivity contribution >= 4 is 34.3 Å². The van der Waals surface area contributed by atoms with Crippen molar-refractivity contribution in [3.63, 3.8) is 0 Å². The summed E-state index contributed by atoms with van der Waals surface area (Å²) in [6.07, 6.45) is 1.92. The number of aliphatic hydroxyl groups excluding tert-OH is 1. The van der Waals surface area contributed by atoms with Gasteiger partial charge in [-0.1, -0.05) is 6.07 Å². The summed E-state index contributed by atoms with van der Waals surface area (Å²) in [4.78, 5) is 26.4. The van der Waals surface area contributed by atoms with Crippen LogP contribution in [0.2, 0.25) is 0 Å². The molecule has 3 rings (SSSR count). The third-order valence-corrected chi connectivity index (χ3v) is 5.49. The van der Waals surface area contributed by atoms with E-state index in [1.807, 2.05) is 22.4 Å². The van der Waals surface area contributed by atoms with Crippen molar-refractivity contribution in [3.05, 3.63) is 50.7 Å². The SMILES string of the molecule is O=C(CNc1cc([N+](=O)[O-])ccc1NCCO)N1CCCC1c1cccs1. The van der Waals surface area contributed by atoms with E-state index in [0.29, 0.717) is 24.5 Å². The van der Waals surface area contributed by atoms with Crippen LogP contribution in [0.5, 0.6) is 0 Å². The van der Waals surface area contributed by atoms with Gasteiger partial charge < -0.3 is 20.6 Å². The number of likely N-dealkylation sites (tertiary alicyclic amines) is 1. The molecule has 1 unspecified atom stereocenters. The molecule has 1 aromatic carbocycles. The highest BCUT2D eigenvalue weighted by Crippen LogP contribution is 2.34. The lowest BCUT2D eigenvalue weighted by atomic mass is 10.2. The van der Waals surface area contributed by atoms with Crippen LogP contribution in [0.1, 0.15) is 23.8 Å². The second-order valence-corrected chi connectivity index (χ2v) is 7.23. The molecule has 3 N–H and O–H groups in total. The predicted molar refractivity (Wildman–Crippen MR) is 105 cm³/mol. The van der Waals surface area contributed by atoms with E-state index >= 15 is 0 Å². The van der Waals surface area contributed by atoms with Gasteiger partial charge in [-0.25, -0.2) is 0 Å². The fourth-order valence-corrected chi connectivity index (χ4v) is 4.12. The van der Waals surface area contributed by atoms with Gasteiger partial charge in [0.2, 0.25) is 5.91 Å². The zero-order chi connectivity index (χ0) is 19.2. The number of aliphatic hydroxyl groups is 1. The summed E-state index contributed by atoms with van der Waals surface area (Å²) < 4.78 is 0. The van der Waals surface area contributed by atoms with Crippen LogP contribution in [0.3, 0.4) is 0 Å². The Balaban J connectivity index is 1.70. The van der Waals surface area contributed by atoms with Crippen LogP contribution >= 0.6 is 11.3 Å². The minimum atomic E-state index is -0.476. The predicted octanol–water partition coefficient (Wildman–Crippen LogP) is 2.84. The molecule has 8 nitrogen and oxygen atoms in total. The van der Waals surface area contributed by atoms with Crippen molar-refractivity contribution < 1.29 is 14.8 Å². The molecule has 1 atom stereocenters. The standard InChI is InChI=1S/C18H22N4O4S/c23-9-7-19-14-6-5-13(22(25)26)11-15(14)20-12-18(24)21-8-1-3-16(21)17-4-2-10-27-17/h2,4-6,10-11,16,19-20,23H,1,3,7-9,12H2. The summed E-state index contributed by atoms with van der Waals surface area (Å²) in [6.45, 7) is 1.02. The largest absolute Gasteiger partial charge is 0.395 e. The maximum absolute atomic E-state index is 12.7. The van der Waals surface area contributed by atoms with Crippen LogP contribution in [-0.4, -0.2) is 47.1 Å². The molecule has 27 heavy (non-hydrogen) atoms. The third-order valence-electron chi connectivity index (χ3n) is 4.52. The summed E-state index contributed by atoms with van der Waals surface area (Å²) in [5.74, 6) is -0.0366. The molecule has 0 spiro atoms. The molecule has 1 aliphatic rings. The number of hydrogen-bond acceptors (Lipinski definition) is 7. The Morgan fingerprint density at radius 2 is 2.19 bits per heavy atom. The zero-order valence-corrected chi connectivity index (χ0v) is 15.6. The van der Waals surface area contributed by atoms with Gasteiger partial charge in [-0.05, 0) is 30.4 Å². The molecule has 9 heteroatoms. The van der Waals surface area contributed by atoms with Crippen molar-refractivity contribution in [3.8, 4) is 0 Å². The summed E-state index contributed by atoms with van der Waals surface area (Å²) in [5, 5.41) is 28.1. The van der Waals surface area contributed by atoms with Gasteiger partial charge in [0.05, 0.1) is 35.5 Å². The number of rotatable bonds is 8. The van der Waals surface area contributed by atoms with Gasteiger partial charge >= 0.3 is 0 Å². The first-order chi connectivity index (χ1) is 13.1. The molecular formula is C18H22N4O4S. The van der Waals surface area contributed by atoms with Crippen molar-refractivity contribution in [2.24, 2.45) is 0 Å². The number of nitro benzene ring substituents is 1. The van der Waals surface area contributed by atoms with Crippen molar-refractivity contribution in [2.75, 3.05) is 36.9 Å². The van der Waals surface area contributed by atoms with Crippen LogP contribution in [0.4, 0.5) is 17.1 Å². The number of amides is 1. The van der Waals surface area contributed by atoms with Crippen LogP contribution < -0.4 is 10.6 Å². The molecule has 1 aliphatic heterocycles. The van der Waals surface area contributed by atoms with Gasteiger partial charge in [-0.15, -0.1) is 11.3 Å². The molecule has 2 aromatic rings. The molecule has 1 fully saturated rings. The summed E-state index contributed by atoms with van der Waals surface area (Å²) in [7, 11) is 0. The minimum Gasteiger partial charge on any atom is -0.395 e. The van der Waals surface area contributed by atoms with Crippen molar-refractivity contribution in [2.45, 2.75) is 18.9 Å². The Kier molecular flexibility index (Phi) is 6.25. The van der Waals surface area contributed by atoms with E-state index in [-0.39, 0.29) is 30.8 Å². The highest BCUT2D eigenvalue weighted by Gasteiger charge is 2.30. The Morgan fingerprint density at radius 1 is 1.33 bits per heavy atom. The Labute approximate surface area is 161 Å². The number of non-ortho nitro benzene ring substituents is 1. The maximum Gasteiger partial charge on any atom is 0.271 e. The number of nitro groups is 1. The lowest BCUT2D eigenvalue weighted by Crippen LogP contribution is -2.35. The molecule has 144 valence electrons. The number of nitrogens with one attached hydrogen (secondary N) is 2. The second-order valence-electron chi connectivity index (χ2n) is 6.25. The number of carbonyl (C=O) groups is 1. The van der Waals surface area contributed by atoms with Crippen molar-refractivity contribution in [1.29, 1.82) is 0 Å². The Morgan fingerprint density at radius 3 is 2.89 bits per heavy atom. The molecule has 2 heterocycles. The van der Waals surface area contributed by atoms with E-state index in [4.69, 9.17) is 5.11 Å². The van der Waals surface area contributed by atoms with Crippen molar-refractivity contribution in [1.82, 2.24) is 4.90 Å². The number of carbonyl (C=O) groups excluding carboxylic acids is 1. The number of anilines is 2.